The second kappa shape index (κ2) is 8.85. The lowest BCUT2D eigenvalue weighted by Gasteiger charge is -2.42. The molecular weight excluding hydrogens is 408 g/mol. The molecule has 0 spiro atoms. The van der Waals surface area contributed by atoms with Gasteiger partial charge in [-0.25, -0.2) is 9.59 Å². The lowest BCUT2D eigenvalue weighted by atomic mass is 10.1. The predicted molar refractivity (Wildman–Crippen MR) is 112 cm³/mol. The van der Waals surface area contributed by atoms with Crippen LogP contribution in [0.2, 0.25) is 0 Å². The smallest absolute Gasteiger partial charge is 0.348 e. The van der Waals surface area contributed by atoms with Gasteiger partial charge in [-0.05, 0) is 38.3 Å². The largest absolute Gasteiger partial charge is 0.480 e. The highest BCUT2D eigenvalue weighted by molar-refractivity contribution is 7.18. The number of thiophene rings is 1. The summed E-state index contributed by atoms with van der Waals surface area (Å²) in [6, 6.07) is 8.37. The second-order valence-corrected chi connectivity index (χ2v) is 7.96. The van der Waals surface area contributed by atoms with Gasteiger partial charge in [0, 0.05) is 6.54 Å². The first kappa shape index (κ1) is 21.8. The first-order valence-electron chi connectivity index (χ1n) is 9.62. The standard InChI is InChI=1S/C21H24N2O6S/c1-4-29-20(27)16-12(2)15-17(24)23(13(3)19(25)26)21(28)22(18(15)30-16)11-10-14-8-6-5-7-9-14/h5-9,13,21,28H,4,10-11H2,1-3H3,(H,25,26)/t13-,21?/m0/s1. The lowest BCUT2D eigenvalue weighted by molar-refractivity contribution is -0.145. The summed E-state index contributed by atoms with van der Waals surface area (Å²) in [4.78, 5) is 39.9. The number of anilines is 1. The molecule has 2 N–H and O–H groups in total. The Morgan fingerprint density at radius 1 is 1.27 bits per heavy atom. The number of aliphatic carboxylic acids is 1. The van der Waals surface area contributed by atoms with Gasteiger partial charge in [0.2, 0.25) is 6.35 Å². The second-order valence-electron chi connectivity index (χ2n) is 6.96. The Hall–Kier alpha value is -2.91. The van der Waals surface area contributed by atoms with Crippen LogP contribution in [0.15, 0.2) is 30.3 Å². The third kappa shape index (κ3) is 3.90. The number of hydrogen-bond donors (Lipinski definition) is 2. The molecule has 1 unspecified atom stereocenters. The van der Waals surface area contributed by atoms with Crippen molar-refractivity contribution in [3.63, 3.8) is 0 Å². The van der Waals surface area contributed by atoms with E-state index in [0.717, 1.165) is 21.8 Å². The molecule has 0 saturated carbocycles. The highest BCUT2D eigenvalue weighted by atomic mass is 32.1. The fourth-order valence-corrected chi connectivity index (χ4v) is 4.67. The number of amides is 1. The van der Waals surface area contributed by atoms with Crippen LogP contribution in [0.25, 0.3) is 0 Å². The summed E-state index contributed by atoms with van der Waals surface area (Å²) in [7, 11) is 0. The van der Waals surface area contributed by atoms with Crippen molar-refractivity contribution in [1.29, 1.82) is 0 Å². The van der Waals surface area contributed by atoms with Crippen LogP contribution in [-0.2, 0) is 16.0 Å². The number of hydrogen-bond acceptors (Lipinski definition) is 7. The van der Waals surface area contributed by atoms with Gasteiger partial charge in [0.1, 0.15) is 15.9 Å². The van der Waals surface area contributed by atoms with Gasteiger partial charge in [-0.3, -0.25) is 9.69 Å². The summed E-state index contributed by atoms with van der Waals surface area (Å²) in [6.45, 7) is 5.19. The van der Waals surface area contributed by atoms with Gasteiger partial charge >= 0.3 is 11.9 Å². The van der Waals surface area contributed by atoms with Crippen molar-refractivity contribution in [2.45, 2.75) is 39.6 Å². The highest BCUT2D eigenvalue weighted by Crippen LogP contribution is 2.42. The van der Waals surface area contributed by atoms with Crippen molar-refractivity contribution >= 4 is 34.2 Å². The molecule has 2 atom stereocenters. The number of aliphatic hydroxyl groups is 1. The van der Waals surface area contributed by atoms with Crippen LogP contribution in [-0.4, -0.2) is 58.5 Å². The van der Waals surface area contributed by atoms with Crippen molar-refractivity contribution in [3.05, 3.63) is 51.9 Å². The van der Waals surface area contributed by atoms with Crippen LogP contribution in [0.3, 0.4) is 0 Å². The Bertz CT molecular complexity index is 958. The Balaban J connectivity index is 2.05. The fourth-order valence-electron chi connectivity index (χ4n) is 3.44. The minimum Gasteiger partial charge on any atom is -0.480 e. The zero-order valence-corrected chi connectivity index (χ0v) is 17.8. The third-order valence-electron chi connectivity index (χ3n) is 5.08. The molecule has 9 heteroatoms. The van der Waals surface area contributed by atoms with E-state index in [1.54, 1.807) is 18.7 Å². The maximum Gasteiger partial charge on any atom is 0.348 e. The van der Waals surface area contributed by atoms with Gasteiger partial charge in [-0.1, -0.05) is 30.3 Å². The van der Waals surface area contributed by atoms with Gasteiger partial charge in [-0.15, -0.1) is 11.3 Å². The summed E-state index contributed by atoms with van der Waals surface area (Å²) >= 11 is 1.08. The zero-order valence-electron chi connectivity index (χ0n) is 17.0. The fraction of sp³-hybridized carbons (Fsp3) is 0.381. The molecule has 2 heterocycles. The quantitative estimate of drug-likeness (QED) is 0.647. The van der Waals surface area contributed by atoms with E-state index in [0.29, 0.717) is 23.5 Å². The summed E-state index contributed by atoms with van der Waals surface area (Å²) in [5, 5.41) is 20.8. The summed E-state index contributed by atoms with van der Waals surface area (Å²) < 4.78 is 5.10. The van der Waals surface area contributed by atoms with E-state index in [2.05, 4.69) is 0 Å². The molecule has 1 aromatic heterocycles. The summed E-state index contributed by atoms with van der Waals surface area (Å²) in [6.07, 6.45) is -0.903. The van der Waals surface area contributed by atoms with Crippen LogP contribution in [0.1, 0.15) is 45.0 Å². The maximum absolute atomic E-state index is 13.1. The molecule has 0 fully saturated rings. The van der Waals surface area contributed by atoms with Crippen LogP contribution in [0, 0.1) is 6.92 Å². The minimum atomic E-state index is -1.46. The molecule has 2 aromatic rings. The molecule has 30 heavy (non-hydrogen) atoms. The predicted octanol–water partition coefficient (Wildman–Crippen LogP) is 2.49. The number of rotatable bonds is 7. The van der Waals surface area contributed by atoms with E-state index in [-0.39, 0.29) is 17.0 Å². The summed E-state index contributed by atoms with van der Waals surface area (Å²) in [5.41, 5.74) is 1.69. The number of carboxylic acids is 1. The molecule has 0 saturated heterocycles. The molecule has 8 nitrogen and oxygen atoms in total. The molecule has 0 radical (unpaired) electrons. The molecule has 0 aliphatic carbocycles. The van der Waals surface area contributed by atoms with Gasteiger partial charge < -0.3 is 19.8 Å². The number of ether oxygens (including phenoxy) is 1. The topological polar surface area (TPSA) is 107 Å². The van der Waals surface area contributed by atoms with E-state index in [4.69, 9.17) is 4.74 Å². The number of aliphatic hydroxyl groups excluding tert-OH is 1. The molecular formula is C21H24N2O6S. The van der Waals surface area contributed by atoms with E-state index in [1.807, 2.05) is 30.3 Å². The van der Waals surface area contributed by atoms with E-state index >= 15 is 0 Å². The van der Waals surface area contributed by atoms with Crippen LogP contribution in [0.5, 0.6) is 0 Å². The Labute approximate surface area is 178 Å². The normalized spacial score (nSPS) is 16.9. The number of carbonyl (C=O) groups is 3. The molecule has 3 rings (SSSR count). The molecule has 0 bridgehead atoms. The number of benzene rings is 1. The third-order valence-corrected chi connectivity index (χ3v) is 6.39. The molecule has 1 aliphatic heterocycles. The van der Waals surface area contributed by atoms with E-state index < -0.39 is 30.2 Å². The molecule has 1 aliphatic rings. The van der Waals surface area contributed by atoms with Crippen molar-refractivity contribution in [2.24, 2.45) is 0 Å². The first-order chi connectivity index (χ1) is 14.3. The van der Waals surface area contributed by atoms with E-state index in [1.165, 1.54) is 6.92 Å². The van der Waals surface area contributed by atoms with Crippen LogP contribution in [0.4, 0.5) is 5.00 Å². The highest BCUT2D eigenvalue weighted by Gasteiger charge is 2.44. The monoisotopic (exact) mass is 432 g/mol. The number of carboxylic acid groups (broad SMARTS) is 1. The van der Waals surface area contributed by atoms with Gasteiger partial charge in [-0.2, -0.15) is 0 Å². The van der Waals surface area contributed by atoms with Crippen molar-refractivity contribution in [2.75, 3.05) is 18.1 Å². The van der Waals surface area contributed by atoms with Crippen molar-refractivity contribution in [3.8, 4) is 0 Å². The first-order valence-corrected chi connectivity index (χ1v) is 10.4. The van der Waals surface area contributed by atoms with Crippen molar-refractivity contribution < 1.29 is 29.3 Å². The maximum atomic E-state index is 13.1. The van der Waals surface area contributed by atoms with Crippen LogP contribution < -0.4 is 4.90 Å². The van der Waals surface area contributed by atoms with Crippen LogP contribution >= 0.6 is 11.3 Å². The zero-order chi connectivity index (χ0) is 22.0. The Morgan fingerprint density at radius 3 is 2.53 bits per heavy atom. The SMILES string of the molecule is CCOC(=O)c1sc2c(c1C)C(=O)N([C@@H](C)C(=O)O)C(O)N2CCc1ccccc1. The molecule has 1 amide bonds. The number of fused-ring (bicyclic) bond motifs is 1. The average molecular weight is 432 g/mol. The Kier molecular flexibility index (Phi) is 6.42. The average Bonchev–Trinajstić information content (AvgIpc) is 3.06. The minimum absolute atomic E-state index is 0.192. The lowest BCUT2D eigenvalue weighted by Crippen LogP contribution is -2.60. The molecule has 160 valence electrons. The number of nitrogens with zero attached hydrogens (tertiary/aromatic N) is 2. The van der Waals surface area contributed by atoms with Gasteiger partial charge in [0.05, 0.1) is 12.2 Å². The van der Waals surface area contributed by atoms with Gasteiger partial charge in [0.25, 0.3) is 5.91 Å². The van der Waals surface area contributed by atoms with Crippen molar-refractivity contribution in [1.82, 2.24) is 4.90 Å². The van der Waals surface area contributed by atoms with Gasteiger partial charge in [0.15, 0.2) is 0 Å². The number of carbonyl (C=O) groups excluding carboxylic acids is 2. The van der Waals surface area contributed by atoms with E-state index in [9.17, 15) is 24.6 Å². The molecule has 1 aromatic carbocycles. The Morgan fingerprint density at radius 2 is 1.93 bits per heavy atom. The summed E-state index contributed by atoms with van der Waals surface area (Å²) in [5.74, 6) is -2.39. The number of esters is 1.